The second kappa shape index (κ2) is 6.35. The summed E-state index contributed by atoms with van der Waals surface area (Å²) in [6.45, 7) is 3.01. The fraction of sp³-hybridized carbons (Fsp3) is 0.400. The maximum Gasteiger partial charge on any atom is 0.342 e. The quantitative estimate of drug-likeness (QED) is 0.813. The Morgan fingerprint density at radius 1 is 1.35 bits per heavy atom. The van der Waals surface area contributed by atoms with Gasteiger partial charge in [-0.3, -0.25) is 9.69 Å². The van der Waals surface area contributed by atoms with Gasteiger partial charge in [-0.05, 0) is 12.1 Å². The van der Waals surface area contributed by atoms with Gasteiger partial charge in [-0.2, -0.15) is 5.10 Å². The van der Waals surface area contributed by atoms with E-state index in [1.807, 2.05) is 0 Å². The van der Waals surface area contributed by atoms with Crippen molar-refractivity contribution >= 4 is 17.6 Å². The van der Waals surface area contributed by atoms with Crippen molar-refractivity contribution in [2.45, 2.75) is 0 Å². The Balaban J connectivity index is 1.91. The number of hydrogen-bond acceptors (Lipinski definition) is 6. The van der Waals surface area contributed by atoms with Gasteiger partial charge in [0, 0.05) is 25.2 Å². The fourth-order valence-corrected chi connectivity index (χ4v) is 2.79. The van der Waals surface area contributed by atoms with E-state index in [-0.39, 0.29) is 5.75 Å². The van der Waals surface area contributed by atoms with E-state index in [0.29, 0.717) is 49.1 Å². The van der Waals surface area contributed by atoms with E-state index in [1.165, 1.54) is 6.07 Å². The van der Waals surface area contributed by atoms with Crippen molar-refractivity contribution in [2.75, 3.05) is 32.8 Å². The molecule has 0 aromatic heterocycles. The smallest absolute Gasteiger partial charge is 0.342 e. The molecule has 0 radical (unpaired) electrons. The van der Waals surface area contributed by atoms with Crippen LogP contribution in [-0.2, 0) is 9.53 Å². The van der Waals surface area contributed by atoms with Crippen LogP contribution in [0.4, 0.5) is 4.79 Å². The number of primary amides is 1. The molecule has 0 spiro atoms. The molecule has 1 saturated heterocycles. The summed E-state index contributed by atoms with van der Waals surface area (Å²) in [5.41, 5.74) is 6.02. The summed E-state index contributed by atoms with van der Waals surface area (Å²) in [7, 11) is 0. The van der Waals surface area contributed by atoms with Gasteiger partial charge in [-0.15, -0.1) is 5.01 Å². The Kier molecular flexibility index (Phi) is 4.26. The number of carbonyl (C=O) groups is 2. The molecule has 0 unspecified atom stereocenters. The predicted molar refractivity (Wildman–Crippen MR) is 81.8 cm³/mol. The predicted octanol–water partition coefficient (Wildman–Crippen LogP) is -0.0344. The van der Waals surface area contributed by atoms with Crippen molar-refractivity contribution in [3.05, 3.63) is 29.8 Å². The van der Waals surface area contributed by atoms with Crippen LogP contribution in [0.25, 0.3) is 0 Å². The molecule has 1 aromatic carbocycles. The van der Waals surface area contributed by atoms with Crippen LogP contribution in [0, 0.1) is 5.92 Å². The molecule has 2 aliphatic heterocycles. The van der Waals surface area contributed by atoms with Gasteiger partial charge in [0.1, 0.15) is 5.75 Å². The summed E-state index contributed by atoms with van der Waals surface area (Å²) in [5, 5.41) is 14.8. The van der Waals surface area contributed by atoms with Crippen molar-refractivity contribution in [1.29, 1.82) is 0 Å². The third-order valence-electron chi connectivity index (χ3n) is 3.98. The molecule has 0 aliphatic carbocycles. The van der Waals surface area contributed by atoms with Crippen molar-refractivity contribution in [1.82, 2.24) is 9.91 Å². The van der Waals surface area contributed by atoms with Gasteiger partial charge >= 0.3 is 6.03 Å². The molecule has 1 atom stereocenters. The van der Waals surface area contributed by atoms with Crippen LogP contribution in [0.3, 0.4) is 0 Å². The highest BCUT2D eigenvalue weighted by Gasteiger charge is 2.40. The first-order valence-corrected chi connectivity index (χ1v) is 7.38. The number of carbonyl (C=O) groups excluding carboxylic acids is 2. The van der Waals surface area contributed by atoms with Crippen molar-refractivity contribution < 1.29 is 19.4 Å². The summed E-state index contributed by atoms with van der Waals surface area (Å²) in [4.78, 5) is 26.0. The molecule has 8 nitrogen and oxygen atoms in total. The van der Waals surface area contributed by atoms with Gasteiger partial charge in [-0.25, -0.2) is 4.79 Å². The molecule has 3 N–H and O–H groups in total. The van der Waals surface area contributed by atoms with Crippen LogP contribution in [0.15, 0.2) is 29.4 Å². The lowest BCUT2D eigenvalue weighted by molar-refractivity contribution is -0.129. The highest BCUT2D eigenvalue weighted by atomic mass is 16.5. The largest absolute Gasteiger partial charge is 0.507 e. The zero-order valence-electron chi connectivity index (χ0n) is 12.5. The Labute approximate surface area is 133 Å². The Morgan fingerprint density at radius 3 is 2.70 bits per heavy atom. The molecular formula is C15H18N4O4. The molecular weight excluding hydrogens is 300 g/mol. The minimum absolute atomic E-state index is 0.0114. The van der Waals surface area contributed by atoms with Gasteiger partial charge < -0.3 is 15.6 Å². The molecule has 3 amide bonds. The number of urea groups is 1. The molecule has 8 heteroatoms. The van der Waals surface area contributed by atoms with Crippen molar-refractivity contribution in [2.24, 2.45) is 16.8 Å². The molecule has 2 aliphatic rings. The van der Waals surface area contributed by atoms with Gasteiger partial charge in [0.05, 0.1) is 24.8 Å². The second-order valence-electron chi connectivity index (χ2n) is 5.46. The van der Waals surface area contributed by atoms with Crippen LogP contribution < -0.4 is 5.73 Å². The number of benzene rings is 1. The standard InChI is InChI=1S/C15H18N4O4/c16-15(22)19-14(21)11(9-18-5-7-23-8-6-18)13(17-19)10-3-1-2-4-12(10)20/h1-4,11,20H,5-9H2,(H2,16,22)/t11-/m0/s1. The summed E-state index contributed by atoms with van der Waals surface area (Å²) in [6.07, 6.45) is 0. The normalized spacial score (nSPS) is 22.3. The van der Waals surface area contributed by atoms with Gasteiger partial charge in [0.15, 0.2) is 0 Å². The highest BCUT2D eigenvalue weighted by molar-refractivity contribution is 6.20. The molecule has 0 bridgehead atoms. The Bertz CT molecular complexity index is 655. The zero-order chi connectivity index (χ0) is 16.4. The SMILES string of the molecule is NC(=O)N1N=C(c2ccccc2O)[C@H](CN2CCOCC2)C1=O. The lowest BCUT2D eigenvalue weighted by atomic mass is 9.95. The van der Waals surface area contributed by atoms with Crippen LogP contribution in [0.1, 0.15) is 5.56 Å². The van der Waals surface area contributed by atoms with Gasteiger partial charge in [-0.1, -0.05) is 12.1 Å². The minimum atomic E-state index is -0.924. The molecule has 1 aromatic rings. The minimum Gasteiger partial charge on any atom is -0.507 e. The van der Waals surface area contributed by atoms with E-state index in [2.05, 4.69) is 10.0 Å². The maximum atomic E-state index is 12.5. The third kappa shape index (κ3) is 3.03. The molecule has 3 rings (SSSR count). The summed E-state index contributed by atoms with van der Waals surface area (Å²) in [5.74, 6) is -1.10. The number of hydrogen-bond donors (Lipinski definition) is 2. The number of phenolic OH excluding ortho intramolecular Hbond substituents is 1. The van der Waals surface area contributed by atoms with Crippen LogP contribution in [0.5, 0.6) is 5.75 Å². The first-order chi connectivity index (χ1) is 11.1. The Morgan fingerprint density at radius 2 is 2.04 bits per heavy atom. The second-order valence-corrected chi connectivity index (χ2v) is 5.46. The number of nitrogens with zero attached hydrogens (tertiary/aromatic N) is 3. The van der Waals surface area contributed by atoms with E-state index in [4.69, 9.17) is 10.5 Å². The molecule has 0 saturated carbocycles. The van der Waals surface area contributed by atoms with E-state index in [0.717, 1.165) is 0 Å². The highest BCUT2D eigenvalue weighted by Crippen LogP contribution is 2.27. The van der Waals surface area contributed by atoms with Crippen molar-refractivity contribution in [3.8, 4) is 5.75 Å². The molecule has 2 heterocycles. The zero-order valence-corrected chi connectivity index (χ0v) is 12.5. The van der Waals surface area contributed by atoms with E-state index in [1.54, 1.807) is 18.2 Å². The first-order valence-electron chi connectivity index (χ1n) is 7.38. The maximum absolute atomic E-state index is 12.5. The molecule has 122 valence electrons. The average molecular weight is 318 g/mol. The molecule has 23 heavy (non-hydrogen) atoms. The number of phenols is 1. The summed E-state index contributed by atoms with van der Waals surface area (Å²) < 4.78 is 5.30. The monoisotopic (exact) mass is 318 g/mol. The van der Waals surface area contributed by atoms with E-state index >= 15 is 0 Å². The summed E-state index contributed by atoms with van der Waals surface area (Å²) >= 11 is 0. The topological polar surface area (TPSA) is 108 Å². The number of amides is 3. The number of morpholine rings is 1. The lowest BCUT2D eigenvalue weighted by Crippen LogP contribution is -2.44. The van der Waals surface area contributed by atoms with Gasteiger partial charge in [0.25, 0.3) is 5.91 Å². The first kappa shape index (κ1) is 15.4. The van der Waals surface area contributed by atoms with Gasteiger partial charge in [0.2, 0.25) is 0 Å². The van der Waals surface area contributed by atoms with Crippen molar-refractivity contribution in [3.63, 3.8) is 0 Å². The number of rotatable bonds is 3. The number of aromatic hydroxyl groups is 1. The van der Waals surface area contributed by atoms with E-state index in [9.17, 15) is 14.7 Å². The third-order valence-corrected chi connectivity index (χ3v) is 3.98. The number of hydrazone groups is 1. The fourth-order valence-electron chi connectivity index (χ4n) is 2.79. The Hall–Kier alpha value is -2.45. The summed E-state index contributed by atoms with van der Waals surface area (Å²) in [6, 6.07) is 5.67. The van der Waals surface area contributed by atoms with Crippen LogP contribution >= 0.6 is 0 Å². The van der Waals surface area contributed by atoms with E-state index < -0.39 is 17.9 Å². The number of para-hydroxylation sites is 1. The van der Waals surface area contributed by atoms with Crippen LogP contribution in [0.2, 0.25) is 0 Å². The lowest BCUT2D eigenvalue weighted by Gasteiger charge is -2.28. The number of imide groups is 1. The number of ether oxygens (including phenoxy) is 1. The average Bonchev–Trinajstić information content (AvgIpc) is 2.86. The number of nitrogens with two attached hydrogens (primary N) is 1. The van der Waals surface area contributed by atoms with Crippen LogP contribution in [-0.4, -0.2) is 65.5 Å². The molecule has 1 fully saturated rings.